The first-order valence-electron chi connectivity index (χ1n) is 10.5. The van der Waals surface area contributed by atoms with E-state index in [0.29, 0.717) is 0 Å². The number of benzene rings is 4. The van der Waals surface area contributed by atoms with Crippen molar-refractivity contribution in [2.24, 2.45) is 0 Å². The van der Waals surface area contributed by atoms with Gasteiger partial charge in [0.2, 0.25) is 0 Å². The van der Waals surface area contributed by atoms with Gasteiger partial charge in [-0.15, -0.1) is 0 Å². The van der Waals surface area contributed by atoms with Gasteiger partial charge in [0, 0.05) is 4.47 Å². The van der Waals surface area contributed by atoms with Crippen LogP contribution in [0, 0.1) is 0 Å². The molecule has 1 unspecified atom stereocenters. The number of hydrogen-bond donors (Lipinski definition) is 0. The van der Waals surface area contributed by atoms with Crippen molar-refractivity contribution in [2.45, 2.75) is 31.6 Å². The van der Waals surface area contributed by atoms with E-state index < -0.39 is 0 Å². The summed E-state index contributed by atoms with van der Waals surface area (Å²) in [5.41, 5.74) is 9.08. The molecule has 0 spiro atoms. The second-order valence-electron chi connectivity index (χ2n) is 9.18. The molecule has 0 radical (unpaired) electrons. The van der Waals surface area contributed by atoms with Gasteiger partial charge >= 0.3 is 0 Å². The van der Waals surface area contributed by atoms with Gasteiger partial charge in [0.05, 0.1) is 5.41 Å². The van der Waals surface area contributed by atoms with Gasteiger partial charge in [-0.3, -0.25) is 0 Å². The van der Waals surface area contributed by atoms with Crippen LogP contribution in [0.25, 0.3) is 11.1 Å². The van der Waals surface area contributed by atoms with Crippen LogP contribution in [0.3, 0.4) is 0 Å². The third kappa shape index (κ3) is 2.80. The molecule has 0 amide bonds. The maximum Gasteiger partial charge on any atom is 0.0714 e. The molecule has 0 nitrogen and oxygen atoms in total. The minimum absolute atomic E-state index is 0.0894. The van der Waals surface area contributed by atoms with E-state index in [4.69, 9.17) is 0 Å². The predicted molar refractivity (Wildman–Crippen MR) is 130 cm³/mol. The first-order valence-corrected chi connectivity index (χ1v) is 11.3. The summed E-state index contributed by atoms with van der Waals surface area (Å²) >= 11 is 3.75. The van der Waals surface area contributed by atoms with E-state index in [1.807, 2.05) is 0 Å². The van der Waals surface area contributed by atoms with Crippen molar-refractivity contribution in [3.8, 4) is 11.1 Å². The molecule has 4 aromatic carbocycles. The van der Waals surface area contributed by atoms with Crippen LogP contribution in [-0.2, 0) is 10.8 Å². The monoisotopic (exact) mass is 452 g/mol. The number of fused-ring (bicyclic) bond motifs is 3. The van der Waals surface area contributed by atoms with Crippen LogP contribution in [0.4, 0.5) is 0 Å². The molecule has 0 aliphatic heterocycles. The van der Waals surface area contributed by atoms with E-state index in [0.717, 1.165) is 4.47 Å². The van der Waals surface area contributed by atoms with E-state index in [1.165, 1.54) is 38.9 Å². The van der Waals surface area contributed by atoms with Crippen LogP contribution in [0.1, 0.15) is 48.6 Å². The summed E-state index contributed by atoms with van der Waals surface area (Å²) in [6, 6.07) is 35.8. The van der Waals surface area contributed by atoms with Crippen LogP contribution in [-0.4, -0.2) is 0 Å². The second kappa shape index (κ2) is 6.96. The van der Waals surface area contributed by atoms with Crippen molar-refractivity contribution < 1.29 is 0 Å². The lowest BCUT2D eigenvalue weighted by atomic mass is 9.67. The fourth-order valence-electron chi connectivity index (χ4n) is 4.95. The van der Waals surface area contributed by atoms with Crippen LogP contribution in [0.15, 0.2) is 102 Å². The summed E-state index contributed by atoms with van der Waals surface area (Å²) in [4.78, 5) is 0. The van der Waals surface area contributed by atoms with Gasteiger partial charge in [0.1, 0.15) is 0 Å². The molecule has 1 atom stereocenters. The van der Waals surface area contributed by atoms with E-state index in [1.54, 1.807) is 0 Å². The Morgan fingerprint density at radius 2 is 1.27 bits per heavy atom. The summed E-state index contributed by atoms with van der Waals surface area (Å²) in [7, 11) is 0. The van der Waals surface area contributed by atoms with Crippen molar-refractivity contribution in [1.82, 2.24) is 0 Å². The predicted octanol–water partition coefficient (Wildman–Crippen LogP) is 8.11. The standard InChI is InChI=1S/C29H25Br/c1-28(2,3)21-12-9-13-22(18-21)29(20-10-5-4-6-11-20)26-15-8-7-14-24(26)25-17-16-23(30)19-27(25)29/h4-19H,1-3H3. The Morgan fingerprint density at radius 3 is 2.03 bits per heavy atom. The average molecular weight is 453 g/mol. The highest BCUT2D eigenvalue weighted by molar-refractivity contribution is 9.10. The van der Waals surface area contributed by atoms with Gasteiger partial charge in [0.25, 0.3) is 0 Å². The van der Waals surface area contributed by atoms with Gasteiger partial charge < -0.3 is 0 Å². The van der Waals surface area contributed by atoms with Gasteiger partial charge in [-0.1, -0.05) is 122 Å². The maximum atomic E-state index is 3.75. The Morgan fingerprint density at radius 1 is 0.600 bits per heavy atom. The van der Waals surface area contributed by atoms with E-state index in [9.17, 15) is 0 Å². The molecule has 0 fully saturated rings. The summed E-state index contributed by atoms with van der Waals surface area (Å²) in [6.45, 7) is 6.86. The molecular weight excluding hydrogens is 428 g/mol. The molecule has 30 heavy (non-hydrogen) atoms. The maximum absolute atomic E-state index is 3.75. The third-order valence-electron chi connectivity index (χ3n) is 6.38. The van der Waals surface area contributed by atoms with E-state index in [-0.39, 0.29) is 10.8 Å². The van der Waals surface area contributed by atoms with Gasteiger partial charge in [-0.25, -0.2) is 0 Å². The molecule has 4 aromatic rings. The van der Waals surface area contributed by atoms with Gasteiger partial charge in [-0.2, -0.15) is 0 Å². The zero-order chi connectivity index (χ0) is 20.9. The molecule has 0 saturated carbocycles. The lowest BCUT2D eigenvalue weighted by molar-refractivity contribution is 0.587. The molecule has 148 valence electrons. The van der Waals surface area contributed by atoms with Gasteiger partial charge in [-0.05, 0) is 56.5 Å². The molecule has 0 bridgehead atoms. The minimum atomic E-state index is -0.335. The summed E-state index contributed by atoms with van der Waals surface area (Å²) in [6.07, 6.45) is 0. The Bertz CT molecular complexity index is 1230. The van der Waals surface area contributed by atoms with Crippen LogP contribution in [0.5, 0.6) is 0 Å². The minimum Gasteiger partial charge on any atom is -0.0622 e. The molecule has 5 rings (SSSR count). The number of halogens is 1. The van der Waals surface area contributed by atoms with E-state index >= 15 is 0 Å². The van der Waals surface area contributed by atoms with Gasteiger partial charge in [0.15, 0.2) is 0 Å². The molecule has 0 aromatic heterocycles. The molecule has 1 aliphatic rings. The highest BCUT2D eigenvalue weighted by atomic mass is 79.9. The Hall–Kier alpha value is -2.64. The Kier molecular flexibility index (Phi) is 4.48. The zero-order valence-electron chi connectivity index (χ0n) is 17.6. The largest absolute Gasteiger partial charge is 0.0714 e. The van der Waals surface area contributed by atoms with Crippen molar-refractivity contribution >= 4 is 15.9 Å². The number of rotatable bonds is 2. The molecule has 0 saturated heterocycles. The van der Waals surface area contributed by atoms with Crippen LogP contribution >= 0.6 is 15.9 Å². The quantitative estimate of drug-likeness (QED) is 0.253. The van der Waals surface area contributed by atoms with Crippen molar-refractivity contribution in [2.75, 3.05) is 0 Å². The van der Waals surface area contributed by atoms with Crippen LogP contribution in [0.2, 0.25) is 0 Å². The summed E-state index contributed by atoms with van der Waals surface area (Å²) < 4.78 is 1.11. The van der Waals surface area contributed by atoms with E-state index in [2.05, 4.69) is 134 Å². The highest BCUT2D eigenvalue weighted by Gasteiger charge is 2.46. The molecule has 0 N–H and O–H groups in total. The molecule has 1 heteroatoms. The van der Waals surface area contributed by atoms with Crippen molar-refractivity contribution in [3.05, 3.63) is 129 Å². The topological polar surface area (TPSA) is 0 Å². The van der Waals surface area contributed by atoms with Crippen molar-refractivity contribution in [3.63, 3.8) is 0 Å². The molecule has 1 aliphatic carbocycles. The summed E-state index contributed by atoms with van der Waals surface area (Å²) in [5.74, 6) is 0. The normalized spacial score (nSPS) is 17.5. The smallest absolute Gasteiger partial charge is 0.0622 e. The third-order valence-corrected chi connectivity index (χ3v) is 6.87. The fourth-order valence-corrected chi connectivity index (χ4v) is 5.31. The van der Waals surface area contributed by atoms with Crippen molar-refractivity contribution in [1.29, 1.82) is 0 Å². The Labute approximate surface area is 187 Å². The Balaban J connectivity index is 1.95. The average Bonchev–Trinajstić information content (AvgIpc) is 3.04. The zero-order valence-corrected chi connectivity index (χ0v) is 19.2. The fraction of sp³-hybridized carbons (Fsp3) is 0.172. The summed E-state index contributed by atoms with van der Waals surface area (Å²) in [5, 5.41) is 0. The lowest BCUT2D eigenvalue weighted by Gasteiger charge is -2.35. The molecular formula is C29H25Br. The highest BCUT2D eigenvalue weighted by Crippen LogP contribution is 2.56. The first kappa shape index (κ1) is 19.3. The first-order chi connectivity index (χ1) is 14.4. The molecule has 0 heterocycles. The second-order valence-corrected chi connectivity index (χ2v) is 10.1. The lowest BCUT2D eigenvalue weighted by Crippen LogP contribution is -2.29. The SMILES string of the molecule is CC(C)(C)c1cccc(C2(c3ccccc3)c3ccccc3-c3ccc(Br)cc32)c1. The van der Waals surface area contributed by atoms with Crippen LogP contribution < -0.4 is 0 Å². The number of hydrogen-bond acceptors (Lipinski definition) is 0.